The summed E-state index contributed by atoms with van der Waals surface area (Å²) in [7, 11) is 5.16. The van der Waals surface area contributed by atoms with Gasteiger partial charge >= 0.3 is 0 Å². The van der Waals surface area contributed by atoms with Gasteiger partial charge in [0.1, 0.15) is 13.1 Å². The van der Waals surface area contributed by atoms with Crippen LogP contribution in [-0.4, -0.2) is 62.3 Å². The zero-order valence-electron chi connectivity index (χ0n) is 18.8. The average molecular weight is 367 g/mol. The van der Waals surface area contributed by atoms with Crippen molar-refractivity contribution in [2.75, 3.05) is 53.4 Å². The molecule has 26 heavy (non-hydrogen) atoms. The largest absolute Gasteiger partial charge is 0.321 e. The summed E-state index contributed by atoms with van der Waals surface area (Å²) in [6.45, 7) is 13.3. The van der Waals surface area contributed by atoms with Gasteiger partial charge in [-0.25, -0.2) is 0 Å². The molecule has 1 saturated heterocycles. The quantitative estimate of drug-likeness (QED) is 0.283. The molecule has 2 rings (SSSR count). The van der Waals surface area contributed by atoms with Gasteiger partial charge in [-0.2, -0.15) is 0 Å². The maximum absolute atomic E-state index is 2.58. The van der Waals surface area contributed by atoms with Gasteiger partial charge in [0.2, 0.25) is 0 Å². The maximum atomic E-state index is 2.58. The zero-order chi connectivity index (χ0) is 18.9. The lowest BCUT2D eigenvalue weighted by Gasteiger charge is -2.39. The third-order valence-corrected chi connectivity index (χ3v) is 7.70. The first kappa shape index (κ1) is 22.2. The molecule has 2 aliphatic rings. The number of hydrogen-bond acceptors (Lipinski definition) is 0. The Morgan fingerprint density at radius 3 is 1.69 bits per heavy atom. The Morgan fingerprint density at radius 1 is 0.731 bits per heavy atom. The van der Waals surface area contributed by atoms with Crippen molar-refractivity contribution in [1.82, 2.24) is 0 Å². The predicted molar refractivity (Wildman–Crippen MR) is 115 cm³/mol. The van der Waals surface area contributed by atoms with Gasteiger partial charge in [0.25, 0.3) is 0 Å². The van der Waals surface area contributed by atoms with E-state index in [-0.39, 0.29) is 0 Å². The summed E-state index contributed by atoms with van der Waals surface area (Å²) in [6.07, 6.45) is 17.4. The second kappa shape index (κ2) is 11.1. The van der Waals surface area contributed by atoms with Gasteiger partial charge in [-0.1, -0.05) is 52.4 Å². The van der Waals surface area contributed by atoms with Crippen LogP contribution in [0.4, 0.5) is 0 Å². The van der Waals surface area contributed by atoms with Crippen LogP contribution in [0.15, 0.2) is 0 Å². The van der Waals surface area contributed by atoms with Crippen molar-refractivity contribution in [2.45, 2.75) is 90.9 Å². The Morgan fingerprint density at radius 2 is 1.23 bits per heavy atom. The van der Waals surface area contributed by atoms with Crippen LogP contribution in [0.3, 0.4) is 0 Å². The van der Waals surface area contributed by atoms with E-state index in [2.05, 4.69) is 27.9 Å². The fraction of sp³-hybridized carbons (Fsp3) is 1.00. The molecular weight excluding hydrogens is 316 g/mol. The molecule has 3 atom stereocenters. The van der Waals surface area contributed by atoms with Crippen molar-refractivity contribution in [3.05, 3.63) is 0 Å². The van der Waals surface area contributed by atoms with Gasteiger partial charge < -0.3 is 8.97 Å². The highest BCUT2D eigenvalue weighted by Crippen LogP contribution is 2.38. The Kier molecular flexibility index (Phi) is 9.44. The van der Waals surface area contributed by atoms with Crippen LogP contribution in [0.2, 0.25) is 0 Å². The first-order valence-electron chi connectivity index (χ1n) is 12.2. The first-order valence-corrected chi connectivity index (χ1v) is 12.2. The van der Waals surface area contributed by atoms with E-state index in [1.165, 1.54) is 125 Å². The van der Waals surface area contributed by atoms with Crippen molar-refractivity contribution in [3.63, 3.8) is 0 Å². The average Bonchev–Trinajstić information content (AvgIpc) is 2.98. The number of nitrogens with zero attached hydrogens (tertiary/aromatic N) is 2. The van der Waals surface area contributed by atoms with Crippen LogP contribution in [0, 0.1) is 11.8 Å². The predicted octanol–water partition coefficient (Wildman–Crippen LogP) is 5.86. The topological polar surface area (TPSA) is 0 Å². The molecule has 0 N–H and O–H groups in total. The molecule has 0 amide bonds. The van der Waals surface area contributed by atoms with Crippen molar-refractivity contribution in [3.8, 4) is 0 Å². The summed E-state index contributed by atoms with van der Waals surface area (Å²) >= 11 is 0. The molecule has 0 aromatic heterocycles. The normalized spacial score (nSPS) is 29.1. The Bertz CT molecular complexity index is 352. The number of likely N-dealkylation sites (N-methyl/N-ethyl adjacent to an activating group) is 2. The summed E-state index contributed by atoms with van der Waals surface area (Å²) in [5.74, 6) is 2.11. The Labute approximate surface area is 165 Å². The smallest absolute Gasteiger partial charge is 0.128 e. The monoisotopic (exact) mass is 366 g/mol. The number of likely N-dealkylation sites (tertiary alicyclic amines) is 1. The Balaban J connectivity index is 1.83. The molecule has 0 radical (unpaired) electrons. The van der Waals surface area contributed by atoms with Crippen LogP contribution < -0.4 is 0 Å². The minimum Gasteiger partial charge on any atom is -0.321 e. The highest BCUT2D eigenvalue weighted by Gasteiger charge is 2.44. The lowest BCUT2D eigenvalue weighted by Crippen LogP contribution is -2.54. The minimum absolute atomic E-state index is 1.06. The molecule has 1 heterocycles. The van der Waals surface area contributed by atoms with Crippen molar-refractivity contribution >= 4 is 0 Å². The molecule has 1 saturated carbocycles. The van der Waals surface area contributed by atoms with Crippen molar-refractivity contribution in [2.24, 2.45) is 11.8 Å². The number of rotatable bonds is 13. The van der Waals surface area contributed by atoms with Gasteiger partial charge in [-0.05, 0) is 38.5 Å². The lowest BCUT2D eigenvalue weighted by molar-refractivity contribution is -0.960. The SMILES string of the molecule is CCCCCC[N+](C)(CCCCCC)CC[N+]1(C)C[C@H]2CCCC[C@H]2C1. The summed E-state index contributed by atoms with van der Waals surface area (Å²) in [5.41, 5.74) is 0. The molecule has 1 aliphatic carbocycles. The van der Waals surface area contributed by atoms with E-state index in [9.17, 15) is 0 Å². The first-order chi connectivity index (χ1) is 12.5. The molecule has 154 valence electrons. The van der Waals surface area contributed by atoms with Crippen LogP contribution in [0.1, 0.15) is 90.9 Å². The third-order valence-electron chi connectivity index (χ3n) is 7.70. The van der Waals surface area contributed by atoms with E-state index < -0.39 is 0 Å². The van der Waals surface area contributed by atoms with Crippen molar-refractivity contribution in [1.29, 1.82) is 0 Å². The van der Waals surface area contributed by atoms with Gasteiger partial charge in [-0.15, -0.1) is 0 Å². The molecule has 0 aromatic rings. The van der Waals surface area contributed by atoms with Crippen molar-refractivity contribution < 1.29 is 8.97 Å². The standard InChI is InChI=1S/C24H50N2/c1-5-7-9-13-17-25(3,18-14-10-8-6-2)19-20-26(4)21-23-15-11-12-16-24(23)22-26/h23-24H,5-22H2,1-4H3/q+2/t23-,24+,26?. The van der Waals surface area contributed by atoms with E-state index in [4.69, 9.17) is 0 Å². The van der Waals surface area contributed by atoms with E-state index in [1.807, 2.05) is 0 Å². The van der Waals surface area contributed by atoms with Gasteiger partial charge in [-0.3, -0.25) is 0 Å². The molecule has 0 spiro atoms. The van der Waals surface area contributed by atoms with Gasteiger partial charge in [0.05, 0.1) is 40.3 Å². The highest BCUT2D eigenvalue weighted by molar-refractivity contribution is 4.80. The van der Waals surface area contributed by atoms with Crippen LogP contribution >= 0.6 is 0 Å². The molecule has 2 fully saturated rings. The fourth-order valence-corrected chi connectivity index (χ4v) is 5.81. The molecule has 2 heteroatoms. The maximum Gasteiger partial charge on any atom is 0.128 e. The van der Waals surface area contributed by atoms with Crippen LogP contribution in [-0.2, 0) is 0 Å². The van der Waals surface area contributed by atoms with Crippen LogP contribution in [0.5, 0.6) is 0 Å². The second-order valence-electron chi connectivity index (χ2n) is 10.4. The lowest BCUT2D eigenvalue weighted by atomic mass is 9.82. The summed E-state index contributed by atoms with van der Waals surface area (Å²) in [5, 5.41) is 0. The molecule has 2 nitrogen and oxygen atoms in total. The van der Waals surface area contributed by atoms with E-state index in [0.717, 1.165) is 11.8 Å². The Hall–Kier alpha value is -0.0800. The molecule has 0 aromatic carbocycles. The summed E-state index contributed by atoms with van der Waals surface area (Å²) in [6, 6.07) is 0. The summed E-state index contributed by atoms with van der Waals surface area (Å²) < 4.78 is 2.73. The van der Waals surface area contributed by atoms with Gasteiger partial charge in [0.15, 0.2) is 0 Å². The molecule has 1 aliphatic heterocycles. The highest BCUT2D eigenvalue weighted by atomic mass is 15.4. The molecular formula is C24H50N2+2. The van der Waals surface area contributed by atoms with E-state index in [0.29, 0.717) is 0 Å². The molecule has 1 unspecified atom stereocenters. The zero-order valence-corrected chi connectivity index (χ0v) is 18.8. The second-order valence-corrected chi connectivity index (χ2v) is 10.4. The third kappa shape index (κ3) is 7.15. The van der Waals surface area contributed by atoms with Gasteiger partial charge in [0, 0.05) is 11.8 Å². The number of unbranched alkanes of at least 4 members (excludes halogenated alkanes) is 6. The number of hydrogen-bond donors (Lipinski definition) is 0. The van der Waals surface area contributed by atoms with E-state index >= 15 is 0 Å². The van der Waals surface area contributed by atoms with E-state index in [1.54, 1.807) is 0 Å². The summed E-state index contributed by atoms with van der Waals surface area (Å²) in [4.78, 5) is 0. The number of fused-ring (bicyclic) bond motifs is 1. The molecule has 0 bridgehead atoms. The fourth-order valence-electron chi connectivity index (χ4n) is 5.81. The minimum atomic E-state index is 1.06. The van der Waals surface area contributed by atoms with Crippen LogP contribution in [0.25, 0.3) is 0 Å². The number of quaternary nitrogens is 2.